The molecular formula is C15H22N6. The predicted molar refractivity (Wildman–Crippen MR) is 87.0 cm³/mol. The molecule has 1 heterocycles. The first kappa shape index (κ1) is 15.0. The fourth-order valence-corrected chi connectivity index (χ4v) is 2.05. The molecule has 0 unspecified atom stereocenters. The van der Waals surface area contributed by atoms with Gasteiger partial charge >= 0.3 is 0 Å². The monoisotopic (exact) mass is 286 g/mol. The molecule has 2 N–H and O–H groups in total. The number of nitrogen functional groups attached to an aromatic ring is 1. The minimum Gasteiger partial charge on any atom is -0.368 e. The van der Waals surface area contributed by atoms with Crippen LogP contribution >= 0.6 is 0 Å². The van der Waals surface area contributed by atoms with Gasteiger partial charge < -0.3 is 15.5 Å². The van der Waals surface area contributed by atoms with Crippen LogP contribution in [0.4, 0.5) is 23.5 Å². The predicted octanol–water partition coefficient (Wildman–Crippen LogP) is 2.38. The Hall–Kier alpha value is -2.37. The average Bonchev–Trinajstić information content (AvgIpc) is 2.48. The minimum absolute atomic E-state index is 0.237. The Morgan fingerprint density at radius 1 is 0.952 bits per heavy atom. The zero-order chi connectivity index (χ0) is 15.4. The first-order valence-corrected chi connectivity index (χ1v) is 7.12. The van der Waals surface area contributed by atoms with E-state index in [1.165, 1.54) is 5.56 Å². The summed E-state index contributed by atoms with van der Waals surface area (Å²) in [5.74, 6) is 1.40. The van der Waals surface area contributed by atoms with E-state index in [0.29, 0.717) is 11.9 Å². The highest BCUT2D eigenvalue weighted by molar-refractivity contribution is 5.58. The summed E-state index contributed by atoms with van der Waals surface area (Å²) in [6, 6.07) is 8.18. The van der Waals surface area contributed by atoms with Crippen molar-refractivity contribution in [2.75, 3.05) is 35.7 Å². The highest BCUT2D eigenvalue weighted by atomic mass is 15.3. The summed E-state index contributed by atoms with van der Waals surface area (Å²) in [7, 11) is 1.92. The summed E-state index contributed by atoms with van der Waals surface area (Å²) in [4.78, 5) is 16.9. The van der Waals surface area contributed by atoms with Crippen LogP contribution < -0.4 is 15.5 Å². The fraction of sp³-hybridized carbons (Fsp3) is 0.400. The molecule has 0 radical (unpaired) electrons. The van der Waals surface area contributed by atoms with E-state index in [0.717, 1.165) is 18.8 Å². The standard InChI is InChI=1S/C15H22N6/c1-5-21(6-2)15-18-13(16)17-14(19-15)20(4)12-9-7-11(3)8-10-12/h7-10H,5-6H2,1-4H3,(H2,16,17,18,19). The minimum atomic E-state index is 0.237. The molecule has 2 aromatic rings. The third kappa shape index (κ3) is 3.39. The number of nitrogens with zero attached hydrogens (tertiary/aromatic N) is 5. The molecule has 0 spiro atoms. The van der Waals surface area contributed by atoms with Gasteiger partial charge in [0.15, 0.2) is 0 Å². The number of anilines is 4. The molecule has 0 fully saturated rings. The van der Waals surface area contributed by atoms with Gasteiger partial charge in [-0.2, -0.15) is 15.0 Å². The summed E-state index contributed by atoms with van der Waals surface area (Å²) in [5, 5.41) is 0. The van der Waals surface area contributed by atoms with Crippen molar-refractivity contribution < 1.29 is 0 Å². The first-order valence-electron chi connectivity index (χ1n) is 7.12. The number of rotatable bonds is 5. The van der Waals surface area contributed by atoms with Gasteiger partial charge in [0.05, 0.1) is 0 Å². The maximum atomic E-state index is 5.83. The molecule has 0 atom stereocenters. The smallest absolute Gasteiger partial charge is 0.236 e. The van der Waals surface area contributed by atoms with Crippen molar-refractivity contribution >= 4 is 23.5 Å². The molecule has 0 aliphatic heterocycles. The van der Waals surface area contributed by atoms with Crippen LogP contribution in [0.5, 0.6) is 0 Å². The molecule has 0 saturated heterocycles. The summed E-state index contributed by atoms with van der Waals surface area (Å²) in [6.45, 7) is 7.84. The number of hydrogen-bond donors (Lipinski definition) is 1. The maximum absolute atomic E-state index is 5.83. The van der Waals surface area contributed by atoms with Crippen LogP contribution in [0.25, 0.3) is 0 Å². The summed E-state index contributed by atoms with van der Waals surface area (Å²) >= 11 is 0. The lowest BCUT2D eigenvalue weighted by molar-refractivity contribution is 0.811. The van der Waals surface area contributed by atoms with Crippen LogP contribution in [0, 0.1) is 6.92 Å². The second-order valence-electron chi connectivity index (χ2n) is 4.86. The fourth-order valence-electron chi connectivity index (χ4n) is 2.05. The molecular weight excluding hydrogens is 264 g/mol. The van der Waals surface area contributed by atoms with E-state index >= 15 is 0 Å². The molecule has 1 aromatic heterocycles. The van der Waals surface area contributed by atoms with Crippen LogP contribution in [0.15, 0.2) is 24.3 Å². The average molecular weight is 286 g/mol. The number of nitrogens with two attached hydrogens (primary N) is 1. The normalized spacial score (nSPS) is 10.5. The molecule has 0 bridgehead atoms. The van der Waals surface area contributed by atoms with Crippen molar-refractivity contribution in [2.45, 2.75) is 20.8 Å². The lowest BCUT2D eigenvalue weighted by Crippen LogP contribution is -2.26. The van der Waals surface area contributed by atoms with Gasteiger partial charge in [0.1, 0.15) is 0 Å². The van der Waals surface area contributed by atoms with Crippen LogP contribution in [-0.4, -0.2) is 35.1 Å². The quantitative estimate of drug-likeness (QED) is 0.910. The Kier molecular flexibility index (Phi) is 4.57. The second-order valence-corrected chi connectivity index (χ2v) is 4.86. The SMILES string of the molecule is CCN(CC)c1nc(N)nc(N(C)c2ccc(C)cc2)n1. The van der Waals surface area contributed by atoms with Crippen LogP contribution in [0.1, 0.15) is 19.4 Å². The molecule has 6 heteroatoms. The zero-order valence-electron chi connectivity index (χ0n) is 13.0. The Morgan fingerprint density at radius 3 is 2.10 bits per heavy atom. The van der Waals surface area contributed by atoms with E-state index in [4.69, 9.17) is 5.73 Å². The Balaban J connectivity index is 2.36. The lowest BCUT2D eigenvalue weighted by atomic mass is 10.2. The van der Waals surface area contributed by atoms with E-state index in [1.807, 2.05) is 29.0 Å². The second kappa shape index (κ2) is 6.39. The van der Waals surface area contributed by atoms with Gasteiger partial charge in [-0.15, -0.1) is 0 Å². The molecule has 0 aliphatic carbocycles. The molecule has 1 aromatic carbocycles. The molecule has 0 amide bonds. The van der Waals surface area contributed by atoms with Crippen molar-refractivity contribution in [3.8, 4) is 0 Å². The maximum Gasteiger partial charge on any atom is 0.236 e. The topological polar surface area (TPSA) is 71.2 Å². The largest absolute Gasteiger partial charge is 0.368 e. The van der Waals surface area contributed by atoms with Crippen LogP contribution in [-0.2, 0) is 0 Å². The third-order valence-corrected chi connectivity index (χ3v) is 3.40. The van der Waals surface area contributed by atoms with Crippen molar-refractivity contribution in [2.24, 2.45) is 0 Å². The van der Waals surface area contributed by atoms with Gasteiger partial charge in [-0.3, -0.25) is 0 Å². The van der Waals surface area contributed by atoms with Crippen molar-refractivity contribution in [1.29, 1.82) is 0 Å². The van der Waals surface area contributed by atoms with Gasteiger partial charge in [-0.1, -0.05) is 17.7 Å². The molecule has 0 aliphatic rings. The molecule has 112 valence electrons. The van der Waals surface area contributed by atoms with Crippen molar-refractivity contribution in [3.63, 3.8) is 0 Å². The molecule has 2 rings (SSSR count). The Bertz CT molecular complexity index is 592. The molecule has 6 nitrogen and oxygen atoms in total. The zero-order valence-corrected chi connectivity index (χ0v) is 13.0. The lowest BCUT2D eigenvalue weighted by Gasteiger charge is -2.22. The van der Waals surface area contributed by atoms with Gasteiger partial charge in [-0.05, 0) is 32.9 Å². The van der Waals surface area contributed by atoms with E-state index in [2.05, 4.69) is 47.9 Å². The van der Waals surface area contributed by atoms with Crippen LogP contribution in [0.3, 0.4) is 0 Å². The van der Waals surface area contributed by atoms with Gasteiger partial charge in [0, 0.05) is 25.8 Å². The third-order valence-electron chi connectivity index (χ3n) is 3.40. The Morgan fingerprint density at radius 2 is 1.52 bits per heavy atom. The van der Waals surface area contributed by atoms with Gasteiger partial charge in [0.2, 0.25) is 17.8 Å². The highest BCUT2D eigenvalue weighted by Gasteiger charge is 2.13. The van der Waals surface area contributed by atoms with E-state index < -0.39 is 0 Å². The summed E-state index contributed by atoms with van der Waals surface area (Å²) in [6.07, 6.45) is 0. The number of hydrogen-bond acceptors (Lipinski definition) is 6. The Labute approximate surface area is 125 Å². The van der Waals surface area contributed by atoms with E-state index in [1.54, 1.807) is 0 Å². The van der Waals surface area contributed by atoms with Gasteiger partial charge in [-0.25, -0.2) is 0 Å². The number of benzene rings is 1. The molecule has 0 saturated carbocycles. The van der Waals surface area contributed by atoms with Crippen molar-refractivity contribution in [3.05, 3.63) is 29.8 Å². The number of aryl methyl sites for hydroxylation is 1. The van der Waals surface area contributed by atoms with Crippen LogP contribution in [0.2, 0.25) is 0 Å². The summed E-state index contributed by atoms with van der Waals surface area (Å²) in [5.41, 5.74) is 8.06. The number of aromatic nitrogens is 3. The molecule has 21 heavy (non-hydrogen) atoms. The van der Waals surface area contributed by atoms with E-state index in [9.17, 15) is 0 Å². The summed E-state index contributed by atoms with van der Waals surface area (Å²) < 4.78 is 0. The highest BCUT2D eigenvalue weighted by Crippen LogP contribution is 2.22. The van der Waals surface area contributed by atoms with E-state index in [-0.39, 0.29) is 5.95 Å². The van der Waals surface area contributed by atoms with Gasteiger partial charge in [0.25, 0.3) is 0 Å². The first-order chi connectivity index (χ1) is 10.0. The van der Waals surface area contributed by atoms with Crippen molar-refractivity contribution in [1.82, 2.24) is 15.0 Å².